The molecule has 0 unspecified atom stereocenters. The van der Waals surface area contributed by atoms with Crippen molar-refractivity contribution in [3.05, 3.63) is 29.8 Å². The van der Waals surface area contributed by atoms with Gasteiger partial charge in [0.2, 0.25) is 0 Å². The number of carbonyl (C=O) groups excluding carboxylic acids is 2. The van der Waals surface area contributed by atoms with E-state index in [9.17, 15) is 9.59 Å². The highest BCUT2D eigenvalue weighted by Crippen LogP contribution is 2.15. The van der Waals surface area contributed by atoms with Crippen LogP contribution in [0.25, 0.3) is 0 Å². The van der Waals surface area contributed by atoms with Gasteiger partial charge in [0.25, 0.3) is 5.91 Å². The summed E-state index contributed by atoms with van der Waals surface area (Å²) in [6.45, 7) is 6.48. The molecule has 1 saturated heterocycles. The lowest BCUT2D eigenvalue weighted by atomic mass is 9.97. The highest BCUT2D eigenvalue weighted by Gasteiger charge is 2.29. The molecule has 1 amide bonds. The van der Waals surface area contributed by atoms with Crippen LogP contribution in [0.3, 0.4) is 0 Å². The molecule has 0 saturated carbocycles. The lowest BCUT2D eigenvalue weighted by molar-refractivity contribution is -0.897. The molecular formula is C18H27N2O3+. The van der Waals surface area contributed by atoms with Gasteiger partial charge >= 0.3 is 5.97 Å². The number of rotatable bonds is 6. The van der Waals surface area contributed by atoms with Gasteiger partial charge in [-0.3, -0.25) is 9.59 Å². The number of carbonyl (C=O) groups is 2. The van der Waals surface area contributed by atoms with Gasteiger partial charge in [-0.1, -0.05) is 25.1 Å². The van der Waals surface area contributed by atoms with Crippen LogP contribution in [-0.4, -0.2) is 38.1 Å². The van der Waals surface area contributed by atoms with Crippen molar-refractivity contribution in [3.8, 4) is 0 Å². The molecule has 0 bridgehead atoms. The number of likely N-dealkylation sites (tertiary alicyclic amines) is 1. The molecule has 1 aliphatic heterocycles. The molecule has 0 atom stereocenters. The maximum Gasteiger partial charge on any atom is 0.309 e. The number of nitrogens with one attached hydrogen (secondary N) is 2. The van der Waals surface area contributed by atoms with Gasteiger partial charge in [-0.2, -0.15) is 0 Å². The van der Waals surface area contributed by atoms with Gasteiger partial charge in [0, 0.05) is 18.5 Å². The van der Waals surface area contributed by atoms with Crippen molar-refractivity contribution >= 4 is 17.6 Å². The minimum absolute atomic E-state index is 0.00239. The number of hydrogen-bond donors (Lipinski definition) is 2. The van der Waals surface area contributed by atoms with Gasteiger partial charge < -0.3 is 15.0 Å². The zero-order valence-electron chi connectivity index (χ0n) is 14.1. The minimum atomic E-state index is -0.0899. The van der Waals surface area contributed by atoms with Crippen LogP contribution < -0.4 is 10.2 Å². The molecule has 126 valence electrons. The van der Waals surface area contributed by atoms with Crippen molar-refractivity contribution < 1.29 is 19.2 Å². The first-order valence-electron chi connectivity index (χ1n) is 8.52. The van der Waals surface area contributed by atoms with Crippen molar-refractivity contribution in [1.82, 2.24) is 0 Å². The van der Waals surface area contributed by atoms with E-state index in [-0.39, 0.29) is 17.8 Å². The molecule has 0 aliphatic carbocycles. The number of para-hydroxylation sites is 1. The highest BCUT2D eigenvalue weighted by molar-refractivity contribution is 5.92. The largest absolute Gasteiger partial charge is 0.466 e. The third-order valence-electron chi connectivity index (χ3n) is 4.40. The molecule has 0 spiro atoms. The fraction of sp³-hybridized carbons (Fsp3) is 0.556. The number of quaternary nitrogens is 1. The van der Waals surface area contributed by atoms with Gasteiger partial charge in [-0.05, 0) is 25.0 Å². The van der Waals surface area contributed by atoms with Gasteiger partial charge in [0.15, 0.2) is 6.54 Å². The number of esters is 1. The molecule has 1 aliphatic rings. The summed E-state index contributed by atoms with van der Waals surface area (Å²) in [5.41, 5.74) is 2.05. The fourth-order valence-electron chi connectivity index (χ4n) is 3.07. The van der Waals surface area contributed by atoms with Crippen LogP contribution in [0, 0.1) is 5.92 Å². The Morgan fingerprint density at radius 3 is 2.57 bits per heavy atom. The lowest BCUT2D eigenvalue weighted by Gasteiger charge is -2.27. The SMILES string of the molecule is CCOC(=O)C1CC[NH+](CC(=O)Nc2ccccc2CC)CC1. The fourth-order valence-corrected chi connectivity index (χ4v) is 3.07. The van der Waals surface area contributed by atoms with Crippen LogP contribution >= 0.6 is 0 Å². The van der Waals surface area contributed by atoms with Crippen molar-refractivity contribution in [2.45, 2.75) is 33.1 Å². The van der Waals surface area contributed by atoms with E-state index in [1.54, 1.807) is 0 Å². The van der Waals surface area contributed by atoms with E-state index in [1.807, 2.05) is 31.2 Å². The number of amides is 1. The summed E-state index contributed by atoms with van der Waals surface area (Å²) >= 11 is 0. The predicted octanol–water partition coefficient (Wildman–Crippen LogP) is 1.05. The van der Waals surface area contributed by atoms with Crippen molar-refractivity contribution in [1.29, 1.82) is 0 Å². The number of hydrogen-bond acceptors (Lipinski definition) is 3. The summed E-state index contributed by atoms with van der Waals surface area (Å²) in [7, 11) is 0. The number of ether oxygens (including phenoxy) is 1. The van der Waals surface area contributed by atoms with E-state index >= 15 is 0 Å². The van der Waals surface area contributed by atoms with Gasteiger partial charge in [-0.25, -0.2) is 0 Å². The van der Waals surface area contributed by atoms with Gasteiger partial charge in [-0.15, -0.1) is 0 Å². The van der Waals surface area contributed by atoms with E-state index < -0.39 is 0 Å². The maximum atomic E-state index is 12.2. The monoisotopic (exact) mass is 319 g/mol. The highest BCUT2D eigenvalue weighted by atomic mass is 16.5. The Labute approximate surface area is 138 Å². The normalized spacial score (nSPS) is 20.8. The molecule has 1 aromatic rings. The van der Waals surface area contributed by atoms with Crippen LogP contribution in [0.5, 0.6) is 0 Å². The Hall–Kier alpha value is -1.88. The van der Waals surface area contributed by atoms with Crippen LogP contribution in [0.4, 0.5) is 5.69 Å². The zero-order valence-corrected chi connectivity index (χ0v) is 14.1. The first-order chi connectivity index (χ1) is 11.1. The summed E-state index contributed by atoms with van der Waals surface area (Å²) in [4.78, 5) is 25.2. The Bertz CT molecular complexity index is 537. The second kappa shape index (κ2) is 8.67. The van der Waals surface area contributed by atoms with Crippen LogP contribution in [0.15, 0.2) is 24.3 Å². The number of aryl methyl sites for hydroxylation is 1. The summed E-state index contributed by atoms with van der Waals surface area (Å²) in [6.07, 6.45) is 2.49. The molecule has 1 heterocycles. The van der Waals surface area contributed by atoms with Crippen molar-refractivity contribution in [3.63, 3.8) is 0 Å². The second-order valence-corrected chi connectivity index (χ2v) is 6.01. The topological polar surface area (TPSA) is 59.8 Å². The minimum Gasteiger partial charge on any atom is -0.466 e. The van der Waals surface area contributed by atoms with Gasteiger partial charge in [0.05, 0.1) is 25.6 Å². The summed E-state index contributed by atoms with van der Waals surface area (Å²) in [5, 5.41) is 3.01. The standard InChI is InChI=1S/C18H26N2O3/c1-3-14-7-5-6-8-16(14)19-17(21)13-20-11-9-15(10-12-20)18(22)23-4-2/h5-8,15H,3-4,9-13H2,1-2H3,(H,19,21)/p+1. The van der Waals surface area contributed by atoms with E-state index in [0.717, 1.165) is 43.6 Å². The average molecular weight is 319 g/mol. The predicted molar refractivity (Wildman–Crippen MR) is 89.4 cm³/mol. The molecule has 2 rings (SSSR count). The van der Waals surface area contributed by atoms with Gasteiger partial charge in [0.1, 0.15) is 0 Å². The Kier molecular flexibility index (Phi) is 6.59. The molecule has 2 N–H and O–H groups in total. The first-order valence-corrected chi connectivity index (χ1v) is 8.52. The zero-order chi connectivity index (χ0) is 16.7. The molecule has 1 fully saturated rings. The number of piperidine rings is 1. The average Bonchev–Trinajstić information content (AvgIpc) is 2.56. The Balaban J connectivity index is 1.80. The van der Waals surface area contributed by atoms with E-state index in [1.165, 1.54) is 4.90 Å². The number of benzene rings is 1. The van der Waals surface area contributed by atoms with E-state index in [0.29, 0.717) is 13.2 Å². The van der Waals surface area contributed by atoms with Crippen LogP contribution in [0.1, 0.15) is 32.3 Å². The molecular weight excluding hydrogens is 292 g/mol. The first kappa shape index (κ1) is 17.5. The molecule has 5 nitrogen and oxygen atoms in total. The Morgan fingerprint density at radius 2 is 1.91 bits per heavy atom. The lowest BCUT2D eigenvalue weighted by Crippen LogP contribution is -3.14. The third-order valence-corrected chi connectivity index (χ3v) is 4.40. The quantitative estimate of drug-likeness (QED) is 0.771. The van der Waals surface area contributed by atoms with E-state index in [2.05, 4.69) is 12.2 Å². The number of anilines is 1. The summed E-state index contributed by atoms with van der Waals surface area (Å²) < 4.78 is 5.07. The Morgan fingerprint density at radius 1 is 1.22 bits per heavy atom. The molecule has 0 aromatic heterocycles. The molecule has 1 aromatic carbocycles. The van der Waals surface area contributed by atoms with E-state index in [4.69, 9.17) is 4.74 Å². The third kappa shape index (κ3) is 5.06. The van der Waals surface area contributed by atoms with Crippen molar-refractivity contribution in [2.75, 3.05) is 31.6 Å². The summed E-state index contributed by atoms with van der Waals surface area (Å²) in [6, 6.07) is 7.90. The maximum absolute atomic E-state index is 12.2. The molecule has 23 heavy (non-hydrogen) atoms. The molecule has 0 radical (unpaired) electrons. The smallest absolute Gasteiger partial charge is 0.309 e. The molecule has 5 heteroatoms. The summed E-state index contributed by atoms with van der Waals surface area (Å²) in [5.74, 6) is -0.0501. The van der Waals surface area contributed by atoms with Crippen LogP contribution in [-0.2, 0) is 20.7 Å². The second-order valence-electron chi connectivity index (χ2n) is 6.01. The van der Waals surface area contributed by atoms with Crippen LogP contribution in [0.2, 0.25) is 0 Å². The van der Waals surface area contributed by atoms with Crippen molar-refractivity contribution in [2.24, 2.45) is 5.92 Å².